The third-order valence-electron chi connectivity index (χ3n) is 9.85. The van der Waals surface area contributed by atoms with Crippen LogP contribution in [0.2, 0.25) is 0 Å². The largest absolute Gasteiger partial charge is 0.311 e. The molecule has 1 aliphatic carbocycles. The summed E-state index contributed by atoms with van der Waals surface area (Å²) in [5.74, 6) is 0. The molecule has 2 aliphatic heterocycles. The maximum Gasteiger partial charge on any atom is 0.244 e. The molecular formula is C41H31BN2. The lowest BCUT2D eigenvalue weighted by molar-refractivity contribution is 0.667. The van der Waals surface area contributed by atoms with Crippen LogP contribution in [0.3, 0.4) is 0 Å². The summed E-state index contributed by atoms with van der Waals surface area (Å²) in [5.41, 5.74) is 17.0. The molecule has 3 heteroatoms. The Kier molecular flexibility index (Phi) is 5.37. The molecule has 0 atom stereocenters. The van der Waals surface area contributed by atoms with Crippen LogP contribution in [0.5, 0.6) is 0 Å². The third-order valence-corrected chi connectivity index (χ3v) is 9.85. The van der Waals surface area contributed by atoms with Crippen LogP contribution in [0, 0.1) is 0 Å². The number of allylic oxidation sites excluding steroid dienone is 1. The minimum Gasteiger partial charge on any atom is -0.311 e. The van der Waals surface area contributed by atoms with Crippen LogP contribution in [-0.4, -0.2) is 6.71 Å². The van der Waals surface area contributed by atoms with Crippen molar-refractivity contribution in [1.82, 2.24) is 0 Å². The Morgan fingerprint density at radius 1 is 0.545 bits per heavy atom. The second kappa shape index (κ2) is 9.36. The van der Waals surface area contributed by atoms with Crippen molar-refractivity contribution in [2.45, 2.75) is 19.3 Å². The fourth-order valence-corrected chi connectivity index (χ4v) is 8.06. The molecule has 0 radical (unpaired) electrons. The van der Waals surface area contributed by atoms with Gasteiger partial charge in [-0.3, -0.25) is 0 Å². The summed E-state index contributed by atoms with van der Waals surface area (Å²) in [7, 11) is 0. The Morgan fingerprint density at radius 3 is 1.86 bits per heavy atom. The van der Waals surface area contributed by atoms with Crippen LogP contribution in [0.25, 0.3) is 5.57 Å². The van der Waals surface area contributed by atoms with Gasteiger partial charge in [-0.1, -0.05) is 116 Å². The second-order valence-corrected chi connectivity index (χ2v) is 12.6. The maximum atomic E-state index is 2.49. The van der Waals surface area contributed by atoms with Crippen LogP contribution >= 0.6 is 0 Å². The van der Waals surface area contributed by atoms with E-state index < -0.39 is 0 Å². The lowest BCUT2D eigenvalue weighted by Crippen LogP contribution is -2.52. The van der Waals surface area contributed by atoms with Crippen molar-refractivity contribution < 1.29 is 0 Å². The first-order chi connectivity index (χ1) is 21.6. The first-order valence-electron chi connectivity index (χ1n) is 15.5. The quantitative estimate of drug-likeness (QED) is 0.198. The highest BCUT2D eigenvalue weighted by atomic mass is 15.2. The van der Waals surface area contributed by atoms with E-state index in [4.69, 9.17) is 0 Å². The Bertz CT molecular complexity index is 2060. The summed E-state index contributed by atoms with van der Waals surface area (Å²) in [5, 5.41) is 0. The van der Waals surface area contributed by atoms with Gasteiger partial charge in [0, 0.05) is 39.5 Å². The zero-order valence-corrected chi connectivity index (χ0v) is 24.9. The van der Waals surface area contributed by atoms with Crippen molar-refractivity contribution in [3.05, 3.63) is 174 Å². The van der Waals surface area contributed by atoms with E-state index >= 15 is 0 Å². The fraction of sp³-hybridized carbons (Fsp3) is 0.0732. The Morgan fingerprint density at radius 2 is 1.16 bits per heavy atom. The Hall–Kier alpha value is -5.28. The van der Waals surface area contributed by atoms with Crippen LogP contribution in [0.15, 0.2) is 157 Å². The number of rotatable bonds is 4. The second-order valence-electron chi connectivity index (χ2n) is 12.6. The molecule has 2 nitrogen and oxygen atoms in total. The molecule has 0 spiro atoms. The number of benzene rings is 6. The molecule has 44 heavy (non-hydrogen) atoms. The molecule has 0 aromatic heterocycles. The fourth-order valence-electron chi connectivity index (χ4n) is 8.06. The van der Waals surface area contributed by atoms with Gasteiger partial charge in [0.05, 0.1) is 0 Å². The minimum atomic E-state index is -0.0716. The van der Waals surface area contributed by atoms with Gasteiger partial charge in [-0.25, -0.2) is 0 Å². The highest BCUT2D eigenvalue weighted by Gasteiger charge is 2.52. The lowest BCUT2D eigenvalue weighted by atomic mass is 9.33. The maximum absolute atomic E-state index is 2.49. The average molecular weight is 563 g/mol. The van der Waals surface area contributed by atoms with E-state index in [1.807, 2.05) is 0 Å². The van der Waals surface area contributed by atoms with E-state index in [0.29, 0.717) is 0 Å². The molecule has 2 heterocycles. The SMILES string of the molecule is CC1(C)C2=C(c3ccccc31)c1cccc3c1B2c1ccc(N(c2ccccc2)c2ccccc2)cc1N3c1ccccc1. The van der Waals surface area contributed by atoms with Gasteiger partial charge in [0.15, 0.2) is 0 Å². The molecule has 0 unspecified atom stereocenters. The first kappa shape index (κ1) is 25.2. The van der Waals surface area contributed by atoms with Crippen molar-refractivity contribution in [2.24, 2.45) is 0 Å². The van der Waals surface area contributed by atoms with Crippen molar-refractivity contribution in [1.29, 1.82) is 0 Å². The lowest BCUT2D eigenvalue weighted by Gasteiger charge is -2.39. The van der Waals surface area contributed by atoms with E-state index in [9.17, 15) is 0 Å². The van der Waals surface area contributed by atoms with E-state index in [1.165, 1.54) is 55.7 Å². The molecular weight excluding hydrogens is 531 g/mol. The van der Waals surface area contributed by atoms with E-state index in [1.54, 1.807) is 0 Å². The van der Waals surface area contributed by atoms with Crippen LogP contribution in [0.1, 0.15) is 30.5 Å². The zero-order valence-electron chi connectivity index (χ0n) is 24.9. The van der Waals surface area contributed by atoms with Gasteiger partial charge >= 0.3 is 0 Å². The minimum absolute atomic E-state index is 0.0716. The number of hydrogen-bond acceptors (Lipinski definition) is 2. The van der Waals surface area contributed by atoms with Crippen molar-refractivity contribution in [3.63, 3.8) is 0 Å². The molecule has 9 rings (SSSR count). The smallest absolute Gasteiger partial charge is 0.244 e. The highest BCUT2D eigenvalue weighted by molar-refractivity contribution is 6.97. The molecule has 0 amide bonds. The van der Waals surface area contributed by atoms with Gasteiger partial charge in [-0.15, -0.1) is 0 Å². The zero-order chi connectivity index (χ0) is 29.4. The molecule has 6 aromatic carbocycles. The number of hydrogen-bond donors (Lipinski definition) is 0. The normalized spacial score (nSPS) is 15.0. The standard InChI is InChI=1S/C41H31BN2/c1-41(2)34-23-13-12-21-32(34)38-33-22-14-24-36-39(33)42(40(38)41)35-26-25-31(27-37(35)44(36)30-19-10-5-11-20-30)43(28-15-6-3-7-16-28)29-17-8-4-9-18-29/h3-27H,1-2H3. The average Bonchev–Trinajstić information content (AvgIpc) is 3.55. The first-order valence-corrected chi connectivity index (χ1v) is 15.5. The molecule has 3 aliphatic rings. The Labute approximate surface area is 259 Å². The summed E-state index contributed by atoms with van der Waals surface area (Å²) < 4.78 is 0. The summed E-state index contributed by atoms with van der Waals surface area (Å²) in [6, 6.07) is 55.3. The summed E-state index contributed by atoms with van der Waals surface area (Å²) in [6.45, 7) is 5.04. The molecule has 0 saturated carbocycles. The van der Waals surface area contributed by atoms with E-state index in [0.717, 1.165) is 17.1 Å². The van der Waals surface area contributed by atoms with Crippen LogP contribution < -0.4 is 20.7 Å². The van der Waals surface area contributed by atoms with Crippen LogP contribution in [0.4, 0.5) is 34.1 Å². The molecule has 0 fully saturated rings. The highest BCUT2D eigenvalue weighted by Crippen LogP contribution is 2.55. The van der Waals surface area contributed by atoms with E-state index in [-0.39, 0.29) is 12.1 Å². The number of para-hydroxylation sites is 3. The van der Waals surface area contributed by atoms with Gasteiger partial charge in [0.25, 0.3) is 0 Å². The summed E-state index contributed by atoms with van der Waals surface area (Å²) in [4.78, 5) is 4.85. The monoisotopic (exact) mass is 562 g/mol. The number of nitrogens with zero attached hydrogens (tertiary/aromatic N) is 2. The summed E-state index contributed by atoms with van der Waals surface area (Å²) in [6.07, 6.45) is 0. The van der Waals surface area contributed by atoms with Gasteiger partial charge in [-0.05, 0) is 87.8 Å². The molecule has 0 saturated heterocycles. The van der Waals surface area contributed by atoms with Gasteiger partial charge in [0.1, 0.15) is 0 Å². The van der Waals surface area contributed by atoms with Gasteiger partial charge < -0.3 is 9.80 Å². The predicted octanol–water partition coefficient (Wildman–Crippen LogP) is 9.19. The van der Waals surface area contributed by atoms with Gasteiger partial charge in [0.2, 0.25) is 6.71 Å². The van der Waals surface area contributed by atoms with E-state index in [2.05, 4.69) is 175 Å². The molecule has 6 aromatic rings. The topological polar surface area (TPSA) is 6.48 Å². The molecule has 0 bridgehead atoms. The third kappa shape index (κ3) is 3.44. The van der Waals surface area contributed by atoms with Crippen LogP contribution in [-0.2, 0) is 5.41 Å². The van der Waals surface area contributed by atoms with Crippen molar-refractivity contribution >= 4 is 57.3 Å². The molecule has 208 valence electrons. The van der Waals surface area contributed by atoms with Crippen molar-refractivity contribution in [3.8, 4) is 0 Å². The molecule has 0 N–H and O–H groups in total. The number of anilines is 6. The number of fused-ring (bicyclic) bond motifs is 6. The summed E-state index contributed by atoms with van der Waals surface area (Å²) >= 11 is 0. The van der Waals surface area contributed by atoms with Gasteiger partial charge in [-0.2, -0.15) is 0 Å². The Balaban J connectivity index is 1.32. The predicted molar refractivity (Wildman–Crippen MR) is 186 cm³/mol. The van der Waals surface area contributed by atoms with Crippen molar-refractivity contribution in [2.75, 3.05) is 9.80 Å².